The fourth-order valence-corrected chi connectivity index (χ4v) is 5.93. The summed E-state index contributed by atoms with van der Waals surface area (Å²) in [6.45, 7) is 5.59. The molecule has 0 N–H and O–H groups in total. The van der Waals surface area contributed by atoms with Crippen LogP contribution in [0.4, 0.5) is 0 Å². The number of fused-ring (bicyclic) bond motifs is 1. The van der Waals surface area contributed by atoms with Gasteiger partial charge in [-0.2, -0.15) is 0 Å². The molecule has 4 nitrogen and oxygen atoms in total. The van der Waals surface area contributed by atoms with Gasteiger partial charge in [0.2, 0.25) is 11.8 Å². The van der Waals surface area contributed by atoms with Crippen molar-refractivity contribution in [3.8, 4) is 0 Å². The summed E-state index contributed by atoms with van der Waals surface area (Å²) in [7, 11) is 0. The Morgan fingerprint density at radius 1 is 1.10 bits per heavy atom. The van der Waals surface area contributed by atoms with Crippen molar-refractivity contribution in [3.63, 3.8) is 0 Å². The van der Waals surface area contributed by atoms with Gasteiger partial charge < -0.3 is 9.80 Å². The molecule has 1 aromatic carbocycles. The average Bonchev–Trinajstić information content (AvgIpc) is 3.26. The quantitative estimate of drug-likeness (QED) is 0.681. The topological polar surface area (TPSA) is 40.6 Å². The van der Waals surface area contributed by atoms with Crippen LogP contribution < -0.4 is 0 Å². The number of hydrogen-bond acceptors (Lipinski definition) is 3. The van der Waals surface area contributed by atoms with E-state index in [-0.39, 0.29) is 30.3 Å². The number of nitrogens with zero attached hydrogens (tertiary/aromatic N) is 2. The highest BCUT2D eigenvalue weighted by molar-refractivity contribution is 7.10. The number of amides is 2. The molecule has 1 fully saturated rings. The first-order valence-corrected chi connectivity index (χ1v) is 12.2. The lowest BCUT2D eigenvalue weighted by Gasteiger charge is -2.38. The maximum Gasteiger partial charge on any atom is 0.242 e. The zero-order valence-electron chi connectivity index (χ0n) is 18.1. The molecule has 160 valence electrons. The minimum absolute atomic E-state index is 0.0582. The molecule has 1 aromatic heterocycles. The molecule has 2 aliphatic rings. The molecule has 4 rings (SSSR count). The average molecular weight is 425 g/mol. The lowest BCUT2D eigenvalue weighted by molar-refractivity contribution is -0.144. The number of hydrogen-bond donors (Lipinski definition) is 0. The predicted octanol–water partition coefficient (Wildman–Crippen LogP) is 4.96. The molecular weight excluding hydrogens is 392 g/mol. The monoisotopic (exact) mass is 424 g/mol. The predicted molar refractivity (Wildman–Crippen MR) is 122 cm³/mol. The highest BCUT2D eigenvalue weighted by Gasteiger charge is 2.35. The first kappa shape index (κ1) is 21.1. The van der Waals surface area contributed by atoms with Crippen LogP contribution >= 0.6 is 11.3 Å². The van der Waals surface area contributed by atoms with Crippen molar-refractivity contribution in [2.45, 2.75) is 58.4 Å². The van der Waals surface area contributed by atoms with Crippen LogP contribution in [0.15, 0.2) is 35.7 Å². The van der Waals surface area contributed by atoms with Gasteiger partial charge in [0, 0.05) is 23.9 Å². The van der Waals surface area contributed by atoms with Gasteiger partial charge in [0.1, 0.15) is 0 Å². The molecule has 2 amide bonds. The van der Waals surface area contributed by atoms with Crippen LogP contribution in [0.2, 0.25) is 0 Å². The van der Waals surface area contributed by atoms with Gasteiger partial charge in [-0.25, -0.2) is 0 Å². The molecule has 5 heteroatoms. The number of carbonyl (C=O) groups is 2. The Bertz CT molecular complexity index is 900. The van der Waals surface area contributed by atoms with E-state index < -0.39 is 0 Å². The van der Waals surface area contributed by atoms with Gasteiger partial charge in [-0.05, 0) is 61.2 Å². The first-order valence-electron chi connectivity index (χ1n) is 11.3. The van der Waals surface area contributed by atoms with Crippen molar-refractivity contribution in [2.75, 3.05) is 19.6 Å². The molecule has 1 aliphatic carbocycles. The molecule has 0 unspecified atom stereocenters. The van der Waals surface area contributed by atoms with Crippen molar-refractivity contribution in [1.82, 2.24) is 9.80 Å². The van der Waals surface area contributed by atoms with Crippen LogP contribution in [0.5, 0.6) is 0 Å². The Morgan fingerprint density at radius 2 is 1.87 bits per heavy atom. The first-order chi connectivity index (χ1) is 14.6. The van der Waals surface area contributed by atoms with Gasteiger partial charge in [-0.3, -0.25) is 9.59 Å². The summed E-state index contributed by atoms with van der Waals surface area (Å²) in [5.74, 6) is 0.334. The molecule has 2 aromatic rings. The molecule has 0 bridgehead atoms. The van der Waals surface area contributed by atoms with Crippen molar-refractivity contribution < 1.29 is 9.59 Å². The second kappa shape index (κ2) is 9.34. The number of thiophene rings is 1. The molecule has 1 atom stereocenters. The maximum absolute atomic E-state index is 13.5. The van der Waals surface area contributed by atoms with Gasteiger partial charge in [-0.15, -0.1) is 11.3 Å². The number of benzene rings is 1. The summed E-state index contributed by atoms with van der Waals surface area (Å²) in [4.78, 5) is 31.8. The summed E-state index contributed by atoms with van der Waals surface area (Å²) < 4.78 is 0. The van der Waals surface area contributed by atoms with E-state index in [2.05, 4.69) is 36.6 Å². The van der Waals surface area contributed by atoms with Gasteiger partial charge in [0.15, 0.2) is 0 Å². The van der Waals surface area contributed by atoms with Gasteiger partial charge in [0.05, 0.1) is 12.6 Å². The third-order valence-corrected chi connectivity index (χ3v) is 7.74. The number of carbonyl (C=O) groups excluding carboxylic acids is 2. The maximum atomic E-state index is 13.5. The Labute approximate surface area is 183 Å². The number of rotatable bonds is 5. The van der Waals surface area contributed by atoms with E-state index in [1.807, 2.05) is 17.9 Å². The fraction of sp³-hybridized carbons (Fsp3) is 0.520. The normalized spacial score (nSPS) is 19.4. The summed E-state index contributed by atoms with van der Waals surface area (Å²) in [6.07, 6.45) is 6.32. The van der Waals surface area contributed by atoms with Crippen LogP contribution in [-0.2, 0) is 16.0 Å². The molecule has 2 heterocycles. The van der Waals surface area contributed by atoms with Crippen molar-refractivity contribution >= 4 is 23.2 Å². The van der Waals surface area contributed by atoms with Crippen LogP contribution in [-0.4, -0.2) is 41.2 Å². The highest BCUT2D eigenvalue weighted by Crippen LogP contribution is 2.39. The van der Waals surface area contributed by atoms with Crippen LogP contribution in [0.3, 0.4) is 0 Å². The molecule has 0 radical (unpaired) electrons. The van der Waals surface area contributed by atoms with Gasteiger partial charge in [0.25, 0.3) is 0 Å². The molecule has 30 heavy (non-hydrogen) atoms. The Morgan fingerprint density at radius 3 is 2.60 bits per heavy atom. The van der Waals surface area contributed by atoms with Crippen LogP contribution in [0.1, 0.15) is 66.6 Å². The fourth-order valence-electron chi connectivity index (χ4n) is 5.02. The number of aryl methyl sites for hydroxylation is 1. The lowest BCUT2D eigenvalue weighted by Crippen LogP contribution is -2.48. The minimum atomic E-state index is -0.0582. The van der Waals surface area contributed by atoms with E-state index in [1.165, 1.54) is 28.0 Å². The molecule has 0 spiro atoms. The SMILES string of the molecule is CCN(CC(=O)N1CCc2sccc2[C@H]1c1ccccc1C)C(=O)C1CCCCC1. The van der Waals surface area contributed by atoms with E-state index in [0.29, 0.717) is 13.1 Å². The second-order valence-electron chi connectivity index (χ2n) is 8.58. The second-order valence-corrected chi connectivity index (χ2v) is 9.58. The zero-order chi connectivity index (χ0) is 21.1. The van der Waals surface area contributed by atoms with Crippen molar-refractivity contribution in [3.05, 3.63) is 57.3 Å². The van der Waals surface area contributed by atoms with E-state index in [1.54, 1.807) is 16.2 Å². The standard InChI is InChI=1S/C25H32N2O2S/c1-3-26(25(29)19-10-5-4-6-11-19)17-23(28)27-15-13-22-21(14-16-30-22)24(27)20-12-8-7-9-18(20)2/h7-9,12,14,16,19,24H,3-6,10-11,13,15,17H2,1-2H3/t24-/m1/s1. The summed E-state index contributed by atoms with van der Waals surface area (Å²) in [6, 6.07) is 10.5. The third-order valence-electron chi connectivity index (χ3n) is 6.74. The summed E-state index contributed by atoms with van der Waals surface area (Å²) in [5.41, 5.74) is 3.63. The number of likely N-dealkylation sites (N-methyl/N-ethyl adjacent to an activating group) is 1. The Balaban J connectivity index is 1.57. The molecule has 1 aliphatic heterocycles. The van der Waals surface area contributed by atoms with E-state index >= 15 is 0 Å². The molecular formula is C25H32N2O2S. The van der Waals surface area contributed by atoms with E-state index in [4.69, 9.17) is 0 Å². The summed E-state index contributed by atoms with van der Waals surface area (Å²) in [5, 5.41) is 2.13. The van der Waals surface area contributed by atoms with Crippen molar-refractivity contribution in [1.29, 1.82) is 0 Å². The largest absolute Gasteiger partial charge is 0.333 e. The van der Waals surface area contributed by atoms with Crippen LogP contribution in [0, 0.1) is 12.8 Å². The zero-order valence-corrected chi connectivity index (χ0v) is 18.9. The van der Waals surface area contributed by atoms with Gasteiger partial charge in [-0.1, -0.05) is 43.5 Å². The molecule has 0 saturated heterocycles. The lowest BCUT2D eigenvalue weighted by atomic mass is 9.88. The Hall–Kier alpha value is -2.14. The minimum Gasteiger partial charge on any atom is -0.333 e. The van der Waals surface area contributed by atoms with E-state index in [0.717, 1.165) is 32.1 Å². The highest BCUT2D eigenvalue weighted by atomic mass is 32.1. The van der Waals surface area contributed by atoms with Gasteiger partial charge >= 0.3 is 0 Å². The molecule has 1 saturated carbocycles. The Kier molecular flexibility index (Phi) is 6.57. The third kappa shape index (κ3) is 4.18. The smallest absolute Gasteiger partial charge is 0.242 e. The van der Waals surface area contributed by atoms with Crippen molar-refractivity contribution in [2.24, 2.45) is 5.92 Å². The van der Waals surface area contributed by atoms with E-state index in [9.17, 15) is 9.59 Å². The van der Waals surface area contributed by atoms with Crippen LogP contribution in [0.25, 0.3) is 0 Å². The summed E-state index contributed by atoms with van der Waals surface area (Å²) >= 11 is 1.78.